The molecular weight excluding hydrogens is 460 g/mol. The Morgan fingerprint density at radius 3 is 2.36 bits per heavy atom. The first kappa shape index (κ1) is 25.5. The zero-order chi connectivity index (χ0) is 26.2. The molecule has 192 valence electrons. The van der Waals surface area contributed by atoms with Crippen molar-refractivity contribution in [2.24, 2.45) is 7.05 Å². The van der Waals surface area contributed by atoms with Crippen LogP contribution in [0, 0.1) is 0 Å². The van der Waals surface area contributed by atoms with Crippen molar-refractivity contribution in [3.63, 3.8) is 0 Å². The third-order valence-electron chi connectivity index (χ3n) is 6.45. The molecule has 1 aromatic carbocycles. The van der Waals surface area contributed by atoms with Crippen molar-refractivity contribution < 1.29 is 19.0 Å². The molecule has 0 unspecified atom stereocenters. The molecule has 4 rings (SSSR count). The van der Waals surface area contributed by atoms with E-state index in [2.05, 4.69) is 9.88 Å². The third kappa shape index (κ3) is 5.02. The summed E-state index contributed by atoms with van der Waals surface area (Å²) in [6, 6.07) is 5.88. The molecule has 1 aliphatic heterocycles. The van der Waals surface area contributed by atoms with Gasteiger partial charge in [-0.1, -0.05) is 0 Å². The zero-order valence-electron chi connectivity index (χ0n) is 22.0. The molecule has 1 aliphatic rings. The smallest absolute Gasteiger partial charge is 0.410 e. The van der Waals surface area contributed by atoms with Crippen LogP contribution in [-0.2, 0) is 18.3 Å². The second kappa shape index (κ2) is 9.81. The van der Waals surface area contributed by atoms with Gasteiger partial charge < -0.3 is 23.7 Å². The lowest BCUT2D eigenvalue weighted by Crippen LogP contribution is -2.59. The highest BCUT2D eigenvalue weighted by Gasteiger charge is 2.35. The van der Waals surface area contributed by atoms with Gasteiger partial charge in [0.25, 0.3) is 5.56 Å². The van der Waals surface area contributed by atoms with Crippen molar-refractivity contribution >= 4 is 16.9 Å². The fourth-order valence-corrected chi connectivity index (χ4v) is 4.46. The summed E-state index contributed by atoms with van der Waals surface area (Å²) in [7, 11) is 6.79. The van der Waals surface area contributed by atoms with Crippen LogP contribution < -0.4 is 15.0 Å². The van der Waals surface area contributed by atoms with Gasteiger partial charge in [0, 0.05) is 57.9 Å². The van der Waals surface area contributed by atoms with E-state index >= 15 is 0 Å². The highest BCUT2D eigenvalue weighted by Crippen LogP contribution is 2.38. The molecule has 1 fully saturated rings. The summed E-state index contributed by atoms with van der Waals surface area (Å²) in [6.45, 7) is 7.65. The number of benzene rings is 1. The molecule has 0 N–H and O–H groups in total. The summed E-state index contributed by atoms with van der Waals surface area (Å²) < 4.78 is 18.6. The predicted molar refractivity (Wildman–Crippen MR) is 139 cm³/mol. The average Bonchev–Trinajstić information content (AvgIpc) is 2.81. The second-order valence-electron chi connectivity index (χ2n) is 10.2. The summed E-state index contributed by atoms with van der Waals surface area (Å²) in [5.41, 5.74) is 2.08. The van der Waals surface area contributed by atoms with Gasteiger partial charge in [0.1, 0.15) is 17.1 Å². The number of likely N-dealkylation sites (N-methyl/N-ethyl adjacent to an activating group) is 1. The maximum atomic E-state index is 12.6. The summed E-state index contributed by atoms with van der Waals surface area (Å²) in [5, 5.41) is 1.38. The SMILES string of the molecule is COc1cc(-c2cn(C)c(=O)c3cnccc23)cc(OC)c1CN1CC(N(C)C(=O)OC(C)(C)C)C1. The number of rotatable bonds is 6. The lowest BCUT2D eigenvalue weighted by atomic mass is 9.98. The molecular formula is C27H34N4O5. The Bertz CT molecular complexity index is 1310. The molecule has 0 bridgehead atoms. The van der Waals surface area contributed by atoms with Gasteiger partial charge >= 0.3 is 6.09 Å². The summed E-state index contributed by atoms with van der Waals surface area (Å²) in [6.07, 6.45) is 4.79. The second-order valence-corrected chi connectivity index (χ2v) is 10.2. The van der Waals surface area contributed by atoms with E-state index < -0.39 is 5.60 Å². The van der Waals surface area contributed by atoms with Crippen LogP contribution in [0.25, 0.3) is 21.9 Å². The first-order chi connectivity index (χ1) is 17.0. The van der Waals surface area contributed by atoms with Crippen LogP contribution in [-0.4, -0.2) is 71.4 Å². The number of nitrogens with zero attached hydrogens (tertiary/aromatic N) is 4. The maximum Gasteiger partial charge on any atom is 0.410 e. The number of likely N-dealkylation sites (tertiary alicyclic amines) is 1. The molecule has 1 amide bonds. The van der Waals surface area contributed by atoms with E-state index in [4.69, 9.17) is 14.2 Å². The lowest BCUT2D eigenvalue weighted by molar-refractivity contribution is -0.00602. The Morgan fingerprint density at radius 1 is 1.14 bits per heavy atom. The highest BCUT2D eigenvalue weighted by molar-refractivity contribution is 5.95. The molecule has 2 aromatic heterocycles. The number of carbonyl (C=O) groups is 1. The van der Waals surface area contributed by atoms with E-state index in [0.29, 0.717) is 23.4 Å². The molecule has 9 nitrogen and oxygen atoms in total. The Hall–Kier alpha value is -3.59. The molecule has 9 heteroatoms. The lowest BCUT2D eigenvalue weighted by Gasteiger charge is -2.44. The van der Waals surface area contributed by atoms with Crippen LogP contribution in [0.2, 0.25) is 0 Å². The van der Waals surface area contributed by atoms with Crippen LogP contribution in [0.15, 0.2) is 41.6 Å². The number of hydrogen-bond donors (Lipinski definition) is 0. The van der Waals surface area contributed by atoms with Crippen molar-refractivity contribution in [3.05, 3.63) is 52.7 Å². The number of fused-ring (bicyclic) bond motifs is 1. The average molecular weight is 495 g/mol. The molecule has 0 saturated carbocycles. The first-order valence-electron chi connectivity index (χ1n) is 11.9. The van der Waals surface area contributed by atoms with Gasteiger partial charge in [-0.15, -0.1) is 0 Å². The number of aromatic nitrogens is 2. The van der Waals surface area contributed by atoms with E-state index in [1.807, 2.05) is 45.2 Å². The minimum Gasteiger partial charge on any atom is -0.496 e. The number of carbonyl (C=O) groups excluding carboxylic acids is 1. The van der Waals surface area contributed by atoms with E-state index in [9.17, 15) is 9.59 Å². The molecule has 0 aliphatic carbocycles. The van der Waals surface area contributed by atoms with Crippen molar-refractivity contribution in [2.45, 2.75) is 39.0 Å². The minimum atomic E-state index is -0.524. The van der Waals surface area contributed by atoms with Gasteiger partial charge in [-0.25, -0.2) is 4.79 Å². The van der Waals surface area contributed by atoms with E-state index in [1.54, 1.807) is 50.2 Å². The topological polar surface area (TPSA) is 86.1 Å². The van der Waals surface area contributed by atoms with Gasteiger partial charge in [-0.2, -0.15) is 0 Å². The molecule has 1 saturated heterocycles. The number of hydrogen-bond acceptors (Lipinski definition) is 7. The molecule has 0 radical (unpaired) electrons. The van der Waals surface area contributed by atoms with Crippen LogP contribution in [0.4, 0.5) is 4.79 Å². The summed E-state index contributed by atoms with van der Waals surface area (Å²) in [5.74, 6) is 1.40. The zero-order valence-corrected chi connectivity index (χ0v) is 22.0. The van der Waals surface area contributed by atoms with Crippen LogP contribution in [0.3, 0.4) is 0 Å². The quantitative estimate of drug-likeness (QED) is 0.517. The fourth-order valence-electron chi connectivity index (χ4n) is 4.46. The molecule has 3 heterocycles. The minimum absolute atomic E-state index is 0.0849. The Labute approximate surface area is 211 Å². The van der Waals surface area contributed by atoms with Gasteiger partial charge in [-0.3, -0.25) is 14.7 Å². The molecule has 0 spiro atoms. The number of ether oxygens (including phenoxy) is 3. The normalized spacial score (nSPS) is 14.4. The number of amides is 1. The van der Waals surface area contributed by atoms with E-state index in [-0.39, 0.29) is 17.7 Å². The van der Waals surface area contributed by atoms with E-state index in [1.165, 1.54) is 0 Å². The first-order valence-corrected chi connectivity index (χ1v) is 11.9. The van der Waals surface area contributed by atoms with Crippen molar-refractivity contribution in [2.75, 3.05) is 34.4 Å². The third-order valence-corrected chi connectivity index (χ3v) is 6.45. The predicted octanol–water partition coefficient (Wildman–Crippen LogP) is 3.67. The highest BCUT2D eigenvalue weighted by atomic mass is 16.6. The maximum absolute atomic E-state index is 12.6. The number of methoxy groups -OCH3 is 2. The molecule has 36 heavy (non-hydrogen) atoms. The van der Waals surface area contributed by atoms with Crippen molar-refractivity contribution in [1.29, 1.82) is 0 Å². The number of pyridine rings is 2. The van der Waals surface area contributed by atoms with Gasteiger partial charge in [0.05, 0.1) is 31.2 Å². The molecule has 0 atom stereocenters. The standard InChI is InChI=1S/C27H34N4O5/c1-27(2,3)36-26(33)30(5)18-13-31(14-18)16-22-23(34-6)10-17(11-24(22)35-7)21-15-29(4)25(32)20-12-28-9-8-19(20)21/h8-12,15,18H,13-14,16H2,1-7H3. The Kier molecular flexibility index (Phi) is 6.95. The van der Waals surface area contributed by atoms with E-state index in [0.717, 1.165) is 35.2 Å². The van der Waals surface area contributed by atoms with Gasteiger partial charge in [0.2, 0.25) is 0 Å². The van der Waals surface area contributed by atoms with Crippen LogP contribution in [0.1, 0.15) is 26.3 Å². The molecule has 3 aromatic rings. The van der Waals surface area contributed by atoms with Crippen LogP contribution >= 0.6 is 0 Å². The fraction of sp³-hybridized carbons (Fsp3) is 0.444. The Morgan fingerprint density at radius 2 is 1.78 bits per heavy atom. The van der Waals surface area contributed by atoms with Crippen LogP contribution in [0.5, 0.6) is 11.5 Å². The summed E-state index contributed by atoms with van der Waals surface area (Å²) >= 11 is 0. The van der Waals surface area contributed by atoms with Gasteiger partial charge in [-0.05, 0) is 49.9 Å². The van der Waals surface area contributed by atoms with Crippen molar-refractivity contribution in [3.8, 4) is 22.6 Å². The summed E-state index contributed by atoms with van der Waals surface area (Å²) in [4.78, 5) is 33.0. The Balaban J connectivity index is 1.59. The monoisotopic (exact) mass is 494 g/mol. The van der Waals surface area contributed by atoms with Crippen molar-refractivity contribution in [1.82, 2.24) is 19.4 Å². The largest absolute Gasteiger partial charge is 0.496 e. The number of aryl methyl sites for hydroxylation is 1. The van der Waals surface area contributed by atoms with Gasteiger partial charge in [0.15, 0.2) is 0 Å².